The quantitative estimate of drug-likeness (QED) is 0.833. The highest BCUT2D eigenvalue weighted by Gasteiger charge is 2.26. The molecule has 1 heterocycles. The fourth-order valence-electron chi connectivity index (χ4n) is 2.21. The number of hydrogen-bond acceptors (Lipinski definition) is 3. The van der Waals surface area contributed by atoms with E-state index in [0.717, 1.165) is 12.1 Å². The zero-order chi connectivity index (χ0) is 15.4. The predicted molar refractivity (Wildman–Crippen MR) is 70.7 cm³/mol. The first-order valence-corrected chi connectivity index (χ1v) is 6.54. The molecule has 0 saturated carbocycles. The van der Waals surface area contributed by atoms with Crippen LogP contribution in [0.3, 0.4) is 0 Å². The van der Waals surface area contributed by atoms with Crippen molar-refractivity contribution >= 4 is 11.8 Å². The molecule has 7 heteroatoms. The van der Waals surface area contributed by atoms with Crippen molar-refractivity contribution in [2.24, 2.45) is 0 Å². The highest BCUT2D eigenvalue weighted by molar-refractivity contribution is 5.94. The number of carbonyl (C=O) groups excluding carboxylic acids is 2. The van der Waals surface area contributed by atoms with Crippen LogP contribution in [0.25, 0.3) is 0 Å². The first-order valence-electron chi connectivity index (χ1n) is 6.54. The zero-order valence-electron chi connectivity index (χ0n) is 11.6. The first kappa shape index (κ1) is 15.4. The minimum absolute atomic E-state index is 0.000532. The SMILES string of the molecule is COCC(=O)N1CCN(C(=O)c2ccc(F)cc2F)CC1. The number of rotatable bonds is 3. The van der Waals surface area contributed by atoms with Gasteiger partial charge in [0, 0.05) is 39.4 Å². The van der Waals surface area contributed by atoms with Gasteiger partial charge in [0.25, 0.3) is 5.91 Å². The molecule has 0 N–H and O–H groups in total. The largest absolute Gasteiger partial charge is 0.375 e. The van der Waals surface area contributed by atoms with E-state index in [0.29, 0.717) is 32.2 Å². The van der Waals surface area contributed by atoms with Gasteiger partial charge in [0.1, 0.15) is 18.2 Å². The lowest BCUT2D eigenvalue weighted by molar-refractivity contribution is -0.136. The maximum atomic E-state index is 13.6. The van der Waals surface area contributed by atoms with Gasteiger partial charge in [-0.3, -0.25) is 9.59 Å². The van der Waals surface area contributed by atoms with Crippen LogP contribution in [-0.4, -0.2) is 61.5 Å². The normalized spacial score (nSPS) is 15.2. The van der Waals surface area contributed by atoms with Crippen LogP contribution in [0.4, 0.5) is 8.78 Å². The smallest absolute Gasteiger partial charge is 0.256 e. The van der Waals surface area contributed by atoms with Crippen LogP contribution >= 0.6 is 0 Å². The van der Waals surface area contributed by atoms with Gasteiger partial charge >= 0.3 is 0 Å². The van der Waals surface area contributed by atoms with Crippen LogP contribution in [0, 0.1) is 11.6 Å². The van der Waals surface area contributed by atoms with Gasteiger partial charge in [0.2, 0.25) is 5.91 Å². The van der Waals surface area contributed by atoms with Crippen LogP contribution in [-0.2, 0) is 9.53 Å². The Morgan fingerprint density at radius 3 is 2.33 bits per heavy atom. The number of nitrogens with zero attached hydrogens (tertiary/aromatic N) is 2. The van der Waals surface area contributed by atoms with E-state index in [1.165, 1.54) is 12.0 Å². The molecule has 0 aliphatic carbocycles. The molecule has 0 radical (unpaired) electrons. The number of carbonyl (C=O) groups is 2. The van der Waals surface area contributed by atoms with Crippen LogP contribution in [0.15, 0.2) is 18.2 Å². The summed E-state index contributed by atoms with van der Waals surface area (Å²) in [6.45, 7) is 1.37. The number of methoxy groups -OCH3 is 1. The molecular weight excluding hydrogens is 282 g/mol. The van der Waals surface area contributed by atoms with E-state index in [9.17, 15) is 18.4 Å². The average Bonchev–Trinajstić information content (AvgIpc) is 2.47. The lowest BCUT2D eigenvalue weighted by Gasteiger charge is -2.34. The number of hydrogen-bond donors (Lipinski definition) is 0. The molecule has 1 aliphatic rings. The van der Waals surface area contributed by atoms with E-state index in [4.69, 9.17) is 4.74 Å². The Bertz CT molecular complexity index is 543. The third-order valence-electron chi connectivity index (χ3n) is 3.35. The summed E-state index contributed by atoms with van der Waals surface area (Å²) in [7, 11) is 1.44. The Labute approximate surface area is 121 Å². The third-order valence-corrected chi connectivity index (χ3v) is 3.35. The standard InChI is InChI=1S/C14H16F2N2O3/c1-21-9-13(19)17-4-6-18(7-5-17)14(20)11-3-2-10(15)8-12(11)16/h2-3,8H,4-7,9H2,1H3. The molecule has 114 valence electrons. The summed E-state index contributed by atoms with van der Waals surface area (Å²) >= 11 is 0. The summed E-state index contributed by atoms with van der Waals surface area (Å²) in [6, 6.07) is 2.87. The molecule has 0 aromatic heterocycles. The minimum atomic E-state index is -0.877. The second kappa shape index (κ2) is 6.62. The molecule has 2 amide bonds. The van der Waals surface area contributed by atoms with Crippen molar-refractivity contribution in [2.45, 2.75) is 0 Å². The molecule has 0 spiro atoms. The molecule has 1 fully saturated rings. The minimum Gasteiger partial charge on any atom is -0.375 e. The van der Waals surface area contributed by atoms with E-state index >= 15 is 0 Å². The van der Waals surface area contributed by atoms with Crippen molar-refractivity contribution in [3.63, 3.8) is 0 Å². The molecule has 1 aromatic rings. The Kier molecular flexibility index (Phi) is 4.85. The Morgan fingerprint density at radius 1 is 1.14 bits per heavy atom. The molecule has 1 aromatic carbocycles. The molecule has 0 atom stereocenters. The van der Waals surface area contributed by atoms with Gasteiger partial charge in [-0.1, -0.05) is 0 Å². The van der Waals surface area contributed by atoms with Crippen LogP contribution in [0.5, 0.6) is 0 Å². The lowest BCUT2D eigenvalue weighted by atomic mass is 10.1. The van der Waals surface area contributed by atoms with Gasteiger partial charge in [-0.2, -0.15) is 0 Å². The van der Waals surface area contributed by atoms with Gasteiger partial charge in [-0.05, 0) is 12.1 Å². The number of amides is 2. The molecular formula is C14H16F2N2O3. The van der Waals surface area contributed by atoms with Gasteiger partial charge in [0.05, 0.1) is 5.56 Å². The van der Waals surface area contributed by atoms with E-state index in [-0.39, 0.29) is 18.1 Å². The summed E-state index contributed by atoms with van der Waals surface area (Å²) in [5.41, 5.74) is -0.159. The number of benzene rings is 1. The van der Waals surface area contributed by atoms with Gasteiger partial charge < -0.3 is 14.5 Å². The highest BCUT2D eigenvalue weighted by atomic mass is 19.1. The van der Waals surface area contributed by atoms with Crippen LogP contribution in [0.2, 0.25) is 0 Å². The first-order chi connectivity index (χ1) is 10.0. The topological polar surface area (TPSA) is 49.9 Å². The molecule has 0 unspecified atom stereocenters. The maximum Gasteiger partial charge on any atom is 0.256 e. The second-order valence-electron chi connectivity index (χ2n) is 4.73. The summed E-state index contributed by atoms with van der Waals surface area (Å²) < 4.78 is 31.2. The van der Waals surface area contributed by atoms with E-state index in [1.54, 1.807) is 4.90 Å². The Hall–Kier alpha value is -2.02. The van der Waals surface area contributed by atoms with Crippen molar-refractivity contribution in [3.05, 3.63) is 35.4 Å². The van der Waals surface area contributed by atoms with Crippen molar-refractivity contribution in [3.8, 4) is 0 Å². The van der Waals surface area contributed by atoms with Crippen LogP contribution in [0.1, 0.15) is 10.4 Å². The second-order valence-corrected chi connectivity index (χ2v) is 4.73. The van der Waals surface area contributed by atoms with Crippen molar-refractivity contribution in [2.75, 3.05) is 39.9 Å². The fourth-order valence-corrected chi connectivity index (χ4v) is 2.21. The lowest BCUT2D eigenvalue weighted by Crippen LogP contribution is -2.51. The van der Waals surface area contributed by atoms with Crippen molar-refractivity contribution < 1.29 is 23.1 Å². The number of halogens is 2. The van der Waals surface area contributed by atoms with E-state index in [1.807, 2.05) is 0 Å². The van der Waals surface area contributed by atoms with E-state index in [2.05, 4.69) is 0 Å². The Morgan fingerprint density at radius 2 is 1.76 bits per heavy atom. The van der Waals surface area contributed by atoms with Gasteiger partial charge in [-0.25, -0.2) is 8.78 Å². The molecule has 0 bridgehead atoms. The Balaban J connectivity index is 1.98. The zero-order valence-corrected chi connectivity index (χ0v) is 11.6. The highest BCUT2D eigenvalue weighted by Crippen LogP contribution is 2.14. The molecule has 5 nitrogen and oxygen atoms in total. The van der Waals surface area contributed by atoms with Gasteiger partial charge in [-0.15, -0.1) is 0 Å². The predicted octanol–water partition coefficient (Wildman–Crippen LogP) is 0.896. The van der Waals surface area contributed by atoms with Gasteiger partial charge in [0.15, 0.2) is 0 Å². The summed E-state index contributed by atoms with van der Waals surface area (Å²) in [5.74, 6) is -2.24. The summed E-state index contributed by atoms with van der Waals surface area (Å²) in [4.78, 5) is 26.8. The fraction of sp³-hybridized carbons (Fsp3) is 0.429. The summed E-state index contributed by atoms with van der Waals surface area (Å²) in [5, 5.41) is 0. The monoisotopic (exact) mass is 298 g/mol. The molecule has 1 saturated heterocycles. The number of piperazine rings is 1. The molecule has 1 aliphatic heterocycles. The molecule has 2 rings (SSSR count). The maximum absolute atomic E-state index is 13.6. The van der Waals surface area contributed by atoms with Crippen molar-refractivity contribution in [1.29, 1.82) is 0 Å². The summed E-state index contributed by atoms with van der Waals surface area (Å²) in [6.07, 6.45) is 0. The average molecular weight is 298 g/mol. The third kappa shape index (κ3) is 3.55. The van der Waals surface area contributed by atoms with Crippen molar-refractivity contribution in [1.82, 2.24) is 9.80 Å². The van der Waals surface area contributed by atoms with Crippen LogP contribution < -0.4 is 0 Å². The molecule has 21 heavy (non-hydrogen) atoms. The number of ether oxygens (including phenoxy) is 1. The van der Waals surface area contributed by atoms with E-state index < -0.39 is 17.5 Å².